The van der Waals surface area contributed by atoms with Gasteiger partial charge in [-0.3, -0.25) is 10.1 Å². The van der Waals surface area contributed by atoms with Gasteiger partial charge >= 0.3 is 0 Å². The molecule has 0 spiro atoms. The zero-order valence-electron chi connectivity index (χ0n) is 11.3. The number of nitro groups is 1. The minimum Gasteiger partial charge on any atom is -0.258 e. The fourth-order valence-electron chi connectivity index (χ4n) is 1.83. The van der Waals surface area contributed by atoms with Gasteiger partial charge in [-0.05, 0) is 29.8 Å². The van der Waals surface area contributed by atoms with Gasteiger partial charge in [-0.1, -0.05) is 24.3 Å². The van der Waals surface area contributed by atoms with Crippen LogP contribution in [0.25, 0.3) is 6.08 Å². The standard InChI is InChI=1S/C15H12FNO4S/c16-14-7-5-12(6-8-14)11-22(20,21)10-9-13-3-1-2-4-15(13)17(18)19/h1-10H,11H2/b10-9+. The van der Waals surface area contributed by atoms with Crippen LogP contribution in [0.1, 0.15) is 11.1 Å². The number of nitro benzene ring substituents is 1. The van der Waals surface area contributed by atoms with Crippen molar-refractivity contribution >= 4 is 21.6 Å². The van der Waals surface area contributed by atoms with Crippen LogP contribution in [0.4, 0.5) is 10.1 Å². The van der Waals surface area contributed by atoms with Crippen LogP contribution in [0.3, 0.4) is 0 Å². The topological polar surface area (TPSA) is 77.3 Å². The Bertz CT molecular complexity index is 814. The van der Waals surface area contributed by atoms with Crippen molar-refractivity contribution in [3.63, 3.8) is 0 Å². The molecule has 0 N–H and O–H groups in total. The minimum absolute atomic E-state index is 0.171. The normalized spacial score (nSPS) is 11.7. The summed E-state index contributed by atoms with van der Waals surface area (Å²) >= 11 is 0. The molecule has 0 heterocycles. The van der Waals surface area contributed by atoms with Crippen molar-refractivity contribution in [2.45, 2.75) is 5.75 Å². The largest absolute Gasteiger partial charge is 0.276 e. The molecule has 114 valence electrons. The number of rotatable bonds is 5. The fraction of sp³-hybridized carbons (Fsp3) is 0.0667. The average molecular weight is 321 g/mol. The molecule has 5 nitrogen and oxygen atoms in total. The van der Waals surface area contributed by atoms with Gasteiger partial charge in [-0.2, -0.15) is 0 Å². The highest BCUT2D eigenvalue weighted by molar-refractivity contribution is 7.93. The van der Waals surface area contributed by atoms with Gasteiger partial charge in [0, 0.05) is 11.5 Å². The summed E-state index contributed by atoms with van der Waals surface area (Å²) in [5, 5.41) is 11.8. The molecule has 0 unspecified atom stereocenters. The average Bonchev–Trinajstić information content (AvgIpc) is 2.48. The second kappa shape index (κ2) is 6.48. The van der Waals surface area contributed by atoms with E-state index in [1.807, 2.05) is 0 Å². The molecular formula is C15H12FNO4S. The van der Waals surface area contributed by atoms with E-state index >= 15 is 0 Å². The smallest absolute Gasteiger partial charge is 0.258 e. The van der Waals surface area contributed by atoms with E-state index in [9.17, 15) is 22.9 Å². The van der Waals surface area contributed by atoms with Crippen molar-refractivity contribution in [1.82, 2.24) is 0 Å². The van der Waals surface area contributed by atoms with Crippen LogP contribution in [-0.4, -0.2) is 13.3 Å². The first-order valence-electron chi connectivity index (χ1n) is 6.26. The first-order chi connectivity index (χ1) is 10.4. The highest BCUT2D eigenvalue weighted by atomic mass is 32.2. The molecule has 0 bridgehead atoms. The molecule has 0 saturated heterocycles. The predicted octanol–water partition coefficient (Wildman–Crippen LogP) is 3.32. The van der Waals surface area contributed by atoms with Crippen molar-refractivity contribution in [3.8, 4) is 0 Å². The lowest BCUT2D eigenvalue weighted by Crippen LogP contribution is -2.00. The van der Waals surface area contributed by atoms with E-state index in [-0.39, 0.29) is 17.0 Å². The molecule has 2 aromatic rings. The lowest BCUT2D eigenvalue weighted by Gasteiger charge is -2.00. The molecule has 0 amide bonds. The molecule has 22 heavy (non-hydrogen) atoms. The number of hydrogen-bond donors (Lipinski definition) is 0. The Hall–Kier alpha value is -2.54. The maximum absolute atomic E-state index is 12.8. The van der Waals surface area contributed by atoms with E-state index in [2.05, 4.69) is 0 Å². The van der Waals surface area contributed by atoms with Crippen molar-refractivity contribution in [1.29, 1.82) is 0 Å². The fourth-order valence-corrected chi connectivity index (χ4v) is 2.94. The molecule has 0 radical (unpaired) electrons. The maximum Gasteiger partial charge on any atom is 0.276 e. The minimum atomic E-state index is -3.61. The van der Waals surface area contributed by atoms with Gasteiger partial charge in [0.1, 0.15) is 5.82 Å². The van der Waals surface area contributed by atoms with Gasteiger partial charge in [-0.15, -0.1) is 0 Å². The van der Waals surface area contributed by atoms with E-state index in [1.165, 1.54) is 48.5 Å². The Balaban J connectivity index is 2.21. The third-order valence-electron chi connectivity index (χ3n) is 2.87. The third kappa shape index (κ3) is 4.23. The summed E-state index contributed by atoms with van der Waals surface area (Å²) in [6, 6.07) is 11.0. The summed E-state index contributed by atoms with van der Waals surface area (Å²) in [6.45, 7) is 0. The molecule has 0 aliphatic heterocycles. The Kier molecular flexibility index (Phi) is 4.67. The number of sulfone groups is 1. The Labute approximate surface area is 126 Å². The van der Waals surface area contributed by atoms with Crippen LogP contribution in [-0.2, 0) is 15.6 Å². The quantitative estimate of drug-likeness (QED) is 0.625. The number of halogens is 1. The summed E-state index contributed by atoms with van der Waals surface area (Å²) in [5.41, 5.74) is 0.472. The van der Waals surface area contributed by atoms with Crippen LogP contribution in [0.15, 0.2) is 53.9 Å². The molecular weight excluding hydrogens is 309 g/mol. The van der Waals surface area contributed by atoms with Gasteiger partial charge in [0.2, 0.25) is 0 Å². The predicted molar refractivity (Wildman–Crippen MR) is 81.2 cm³/mol. The third-order valence-corrected chi connectivity index (χ3v) is 4.16. The second-order valence-corrected chi connectivity index (χ2v) is 6.44. The summed E-state index contributed by atoms with van der Waals surface area (Å²) in [4.78, 5) is 10.3. The molecule has 0 fully saturated rings. The number of nitrogens with zero attached hydrogens (tertiary/aromatic N) is 1. The van der Waals surface area contributed by atoms with Crippen molar-refractivity contribution in [2.75, 3.05) is 0 Å². The summed E-state index contributed by atoms with van der Waals surface area (Å²) < 4.78 is 36.8. The number of para-hydroxylation sites is 1. The van der Waals surface area contributed by atoms with E-state index in [0.717, 1.165) is 5.41 Å². The Morgan fingerprint density at radius 2 is 1.73 bits per heavy atom. The Morgan fingerprint density at radius 3 is 2.36 bits per heavy atom. The summed E-state index contributed by atoms with van der Waals surface area (Å²) in [7, 11) is -3.61. The SMILES string of the molecule is O=[N+]([O-])c1ccccc1/C=C/S(=O)(=O)Cc1ccc(F)cc1. The lowest BCUT2D eigenvalue weighted by molar-refractivity contribution is -0.385. The zero-order chi connectivity index (χ0) is 16.2. The van der Waals surface area contributed by atoms with Crippen LogP contribution in [0, 0.1) is 15.9 Å². The van der Waals surface area contributed by atoms with E-state index in [4.69, 9.17) is 0 Å². The van der Waals surface area contributed by atoms with Crippen molar-refractivity contribution in [2.24, 2.45) is 0 Å². The highest BCUT2D eigenvalue weighted by Gasteiger charge is 2.12. The highest BCUT2D eigenvalue weighted by Crippen LogP contribution is 2.20. The first-order valence-corrected chi connectivity index (χ1v) is 7.98. The maximum atomic E-state index is 12.8. The summed E-state index contributed by atoms with van der Waals surface area (Å²) in [5.74, 6) is -0.749. The van der Waals surface area contributed by atoms with E-state index in [1.54, 1.807) is 6.07 Å². The Morgan fingerprint density at radius 1 is 1.09 bits per heavy atom. The lowest BCUT2D eigenvalue weighted by atomic mass is 10.2. The molecule has 0 aliphatic carbocycles. The van der Waals surface area contributed by atoms with Gasteiger partial charge in [0.25, 0.3) is 5.69 Å². The molecule has 0 aliphatic rings. The molecule has 0 atom stereocenters. The second-order valence-electron chi connectivity index (χ2n) is 4.55. The summed E-state index contributed by atoms with van der Waals surface area (Å²) in [6.07, 6.45) is 1.19. The number of benzene rings is 2. The van der Waals surface area contributed by atoms with Gasteiger partial charge < -0.3 is 0 Å². The molecule has 2 aromatic carbocycles. The molecule has 0 saturated carbocycles. The molecule has 7 heteroatoms. The van der Waals surface area contributed by atoms with E-state index in [0.29, 0.717) is 5.56 Å². The van der Waals surface area contributed by atoms with Crippen molar-refractivity contribution in [3.05, 3.63) is 81.0 Å². The van der Waals surface area contributed by atoms with Crippen LogP contribution in [0.5, 0.6) is 0 Å². The van der Waals surface area contributed by atoms with Gasteiger partial charge in [-0.25, -0.2) is 12.8 Å². The van der Waals surface area contributed by atoms with Crippen LogP contribution in [0.2, 0.25) is 0 Å². The molecule has 2 rings (SSSR count). The van der Waals surface area contributed by atoms with Gasteiger partial charge in [0.15, 0.2) is 9.84 Å². The zero-order valence-corrected chi connectivity index (χ0v) is 12.2. The van der Waals surface area contributed by atoms with Crippen LogP contribution >= 0.6 is 0 Å². The first kappa shape index (κ1) is 15.8. The van der Waals surface area contributed by atoms with Crippen LogP contribution < -0.4 is 0 Å². The molecule has 0 aromatic heterocycles. The number of hydrogen-bond acceptors (Lipinski definition) is 4. The monoisotopic (exact) mass is 321 g/mol. The van der Waals surface area contributed by atoms with E-state index < -0.39 is 20.6 Å². The van der Waals surface area contributed by atoms with Crippen molar-refractivity contribution < 1.29 is 17.7 Å². The van der Waals surface area contributed by atoms with Gasteiger partial charge in [0.05, 0.1) is 16.2 Å².